The van der Waals surface area contributed by atoms with Gasteiger partial charge in [0, 0.05) is 30.0 Å². The van der Waals surface area contributed by atoms with Crippen LogP contribution in [0.3, 0.4) is 0 Å². The molecule has 25 heavy (non-hydrogen) atoms. The zero-order valence-corrected chi connectivity index (χ0v) is 14.3. The van der Waals surface area contributed by atoms with Crippen molar-refractivity contribution in [2.24, 2.45) is 0 Å². The lowest BCUT2D eigenvalue weighted by Crippen LogP contribution is -2.35. The van der Waals surface area contributed by atoms with E-state index in [-0.39, 0.29) is 24.0 Å². The molecule has 10 heteroatoms. The Morgan fingerprint density at radius 3 is 2.80 bits per heavy atom. The van der Waals surface area contributed by atoms with E-state index in [0.29, 0.717) is 10.4 Å². The van der Waals surface area contributed by atoms with Gasteiger partial charge < -0.3 is 5.32 Å². The average Bonchev–Trinajstić information content (AvgIpc) is 3.08. The lowest BCUT2D eigenvalue weighted by molar-refractivity contribution is -0.118. The quantitative estimate of drug-likeness (QED) is 0.780. The molecule has 0 saturated carbocycles. The number of halogens is 5. The minimum atomic E-state index is -2.89. The Labute approximate surface area is 151 Å². The average molecular weight is 396 g/mol. The van der Waals surface area contributed by atoms with E-state index in [2.05, 4.69) is 15.6 Å². The van der Waals surface area contributed by atoms with Gasteiger partial charge in [0.05, 0.1) is 12.6 Å². The van der Waals surface area contributed by atoms with Gasteiger partial charge in [-0.05, 0) is 11.6 Å². The van der Waals surface area contributed by atoms with Crippen LogP contribution in [0.5, 0.6) is 0 Å². The first-order valence-corrected chi connectivity index (χ1v) is 7.95. The minimum Gasteiger partial charge on any atom is -0.301 e. The van der Waals surface area contributed by atoms with E-state index in [0.717, 1.165) is 23.5 Å². The number of benzene rings is 1. The van der Waals surface area contributed by atoms with Gasteiger partial charge in [0.2, 0.25) is 5.91 Å². The molecule has 1 saturated heterocycles. The largest absolute Gasteiger partial charge is 0.301 e. The summed E-state index contributed by atoms with van der Waals surface area (Å²) in [5, 5.41) is 5.17. The van der Waals surface area contributed by atoms with Gasteiger partial charge in [-0.15, -0.1) is 23.7 Å². The molecule has 1 unspecified atom stereocenters. The highest BCUT2D eigenvalue weighted by Crippen LogP contribution is 2.27. The van der Waals surface area contributed by atoms with Crippen LogP contribution < -0.4 is 10.6 Å². The van der Waals surface area contributed by atoms with Gasteiger partial charge in [0.25, 0.3) is 5.92 Å². The number of amides is 1. The Hall–Kier alpha value is -1.71. The van der Waals surface area contributed by atoms with E-state index in [9.17, 15) is 22.4 Å². The molecule has 2 heterocycles. The molecule has 1 aliphatic heterocycles. The first-order chi connectivity index (χ1) is 11.3. The predicted molar refractivity (Wildman–Crippen MR) is 88.5 cm³/mol. The number of carbonyl (C=O) groups excluding carboxylic acids is 1. The van der Waals surface area contributed by atoms with Crippen LogP contribution in [0.25, 0.3) is 0 Å². The molecule has 0 radical (unpaired) electrons. The van der Waals surface area contributed by atoms with E-state index in [1.807, 2.05) is 0 Å². The maximum atomic E-state index is 13.6. The number of aromatic nitrogens is 1. The SMILES string of the molecule is Cl.O=C(Nc1ncc(Cc2ccc(F)cc2F)s1)C1CC(F)(F)CN1. The summed E-state index contributed by atoms with van der Waals surface area (Å²) in [4.78, 5) is 16.6. The molecule has 0 bridgehead atoms. The number of thiazole rings is 1. The molecule has 2 aromatic rings. The van der Waals surface area contributed by atoms with Crippen LogP contribution in [0.1, 0.15) is 16.9 Å². The molecule has 1 amide bonds. The van der Waals surface area contributed by atoms with Gasteiger partial charge in [-0.3, -0.25) is 10.1 Å². The van der Waals surface area contributed by atoms with E-state index in [1.54, 1.807) is 0 Å². The summed E-state index contributed by atoms with van der Waals surface area (Å²) >= 11 is 1.11. The fourth-order valence-electron chi connectivity index (χ4n) is 2.39. The summed E-state index contributed by atoms with van der Waals surface area (Å²) in [5.74, 6) is -4.79. The highest BCUT2D eigenvalue weighted by molar-refractivity contribution is 7.15. The van der Waals surface area contributed by atoms with E-state index < -0.39 is 42.5 Å². The number of nitrogens with one attached hydrogen (secondary N) is 2. The van der Waals surface area contributed by atoms with Crippen molar-refractivity contribution in [1.29, 1.82) is 0 Å². The summed E-state index contributed by atoms with van der Waals surface area (Å²) in [6, 6.07) is 2.33. The maximum Gasteiger partial charge on any atom is 0.262 e. The van der Waals surface area contributed by atoms with Crippen molar-refractivity contribution < 1.29 is 22.4 Å². The van der Waals surface area contributed by atoms with E-state index in [1.165, 1.54) is 12.3 Å². The third-order valence-corrected chi connectivity index (χ3v) is 4.50. The highest BCUT2D eigenvalue weighted by atomic mass is 35.5. The van der Waals surface area contributed by atoms with Gasteiger partial charge in [-0.25, -0.2) is 22.5 Å². The second kappa shape index (κ2) is 7.67. The van der Waals surface area contributed by atoms with Gasteiger partial charge in [0.15, 0.2) is 5.13 Å². The Morgan fingerprint density at radius 1 is 1.40 bits per heavy atom. The van der Waals surface area contributed by atoms with Crippen molar-refractivity contribution in [1.82, 2.24) is 10.3 Å². The zero-order chi connectivity index (χ0) is 17.3. The second-order valence-electron chi connectivity index (χ2n) is 5.53. The number of nitrogens with zero attached hydrogens (tertiary/aromatic N) is 1. The summed E-state index contributed by atoms with van der Waals surface area (Å²) in [6.45, 7) is -0.530. The third-order valence-electron chi connectivity index (χ3n) is 3.59. The van der Waals surface area contributed by atoms with Crippen LogP contribution in [0.4, 0.5) is 22.7 Å². The predicted octanol–water partition coefficient (Wildman–Crippen LogP) is 3.37. The number of anilines is 1. The van der Waals surface area contributed by atoms with Crippen molar-refractivity contribution in [2.75, 3.05) is 11.9 Å². The molecule has 0 spiro atoms. The number of alkyl halides is 2. The van der Waals surface area contributed by atoms with Crippen molar-refractivity contribution in [3.63, 3.8) is 0 Å². The van der Waals surface area contributed by atoms with Crippen LogP contribution in [0.15, 0.2) is 24.4 Å². The normalized spacial score (nSPS) is 18.6. The fourth-order valence-corrected chi connectivity index (χ4v) is 3.23. The summed E-state index contributed by atoms with van der Waals surface area (Å²) in [6.07, 6.45) is 1.09. The summed E-state index contributed by atoms with van der Waals surface area (Å²) in [7, 11) is 0. The molecular formula is C15H14ClF4N3OS. The number of carbonyl (C=O) groups is 1. The van der Waals surface area contributed by atoms with Crippen molar-refractivity contribution >= 4 is 34.8 Å². The van der Waals surface area contributed by atoms with Crippen molar-refractivity contribution in [3.05, 3.63) is 46.5 Å². The topological polar surface area (TPSA) is 54.0 Å². The summed E-state index contributed by atoms with van der Waals surface area (Å²) in [5.41, 5.74) is 0.301. The third kappa shape index (κ3) is 4.90. The van der Waals surface area contributed by atoms with Gasteiger partial charge in [-0.1, -0.05) is 6.07 Å². The molecule has 2 N–H and O–H groups in total. The van der Waals surface area contributed by atoms with Crippen LogP contribution in [-0.4, -0.2) is 29.4 Å². The lowest BCUT2D eigenvalue weighted by atomic mass is 10.1. The Morgan fingerprint density at radius 2 is 2.16 bits per heavy atom. The molecule has 1 aromatic carbocycles. The summed E-state index contributed by atoms with van der Waals surface area (Å²) < 4.78 is 52.7. The van der Waals surface area contributed by atoms with Crippen molar-refractivity contribution in [2.45, 2.75) is 24.8 Å². The van der Waals surface area contributed by atoms with Gasteiger partial charge >= 0.3 is 0 Å². The number of hydrogen-bond donors (Lipinski definition) is 2. The molecule has 136 valence electrons. The maximum absolute atomic E-state index is 13.6. The standard InChI is InChI=1S/C15H13F4N3OS.ClH/c16-9-2-1-8(11(17)4-9)3-10-6-20-14(24-10)22-13(23)12-5-15(18,19)7-21-12;/h1-2,4,6,12,21H,3,5,7H2,(H,20,22,23);1H. The molecule has 1 fully saturated rings. The molecule has 1 aliphatic rings. The van der Waals surface area contributed by atoms with E-state index in [4.69, 9.17) is 0 Å². The second-order valence-corrected chi connectivity index (χ2v) is 6.64. The Balaban J connectivity index is 0.00000225. The van der Waals surface area contributed by atoms with Crippen LogP contribution in [0.2, 0.25) is 0 Å². The smallest absolute Gasteiger partial charge is 0.262 e. The first kappa shape index (κ1) is 19.6. The minimum absolute atomic E-state index is 0. The van der Waals surface area contributed by atoms with Crippen molar-refractivity contribution in [3.8, 4) is 0 Å². The fraction of sp³-hybridized carbons (Fsp3) is 0.333. The molecule has 4 nitrogen and oxygen atoms in total. The van der Waals surface area contributed by atoms with Crippen LogP contribution in [0, 0.1) is 11.6 Å². The molecule has 1 atom stereocenters. The van der Waals surface area contributed by atoms with Crippen LogP contribution >= 0.6 is 23.7 Å². The van der Waals surface area contributed by atoms with E-state index >= 15 is 0 Å². The van der Waals surface area contributed by atoms with Gasteiger partial charge in [-0.2, -0.15) is 0 Å². The number of hydrogen-bond acceptors (Lipinski definition) is 4. The zero-order valence-electron chi connectivity index (χ0n) is 12.7. The Bertz CT molecular complexity index is 771. The molecule has 0 aliphatic carbocycles. The Kier molecular flexibility index (Phi) is 6.02. The lowest BCUT2D eigenvalue weighted by Gasteiger charge is -2.09. The molecule has 3 rings (SSSR count). The van der Waals surface area contributed by atoms with Crippen LogP contribution in [-0.2, 0) is 11.2 Å². The highest BCUT2D eigenvalue weighted by Gasteiger charge is 2.42. The molecule has 1 aromatic heterocycles. The number of rotatable bonds is 4. The molecular weight excluding hydrogens is 382 g/mol. The monoisotopic (exact) mass is 395 g/mol. The van der Waals surface area contributed by atoms with Gasteiger partial charge in [0.1, 0.15) is 11.6 Å². The first-order valence-electron chi connectivity index (χ1n) is 7.13.